The molecule has 0 heterocycles. The van der Waals surface area contributed by atoms with Gasteiger partial charge in [-0.3, -0.25) is 0 Å². The first kappa shape index (κ1) is 16.3. The molecule has 0 aliphatic rings. The van der Waals surface area contributed by atoms with Crippen LogP contribution in [-0.4, -0.2) is 25.4 Å². The summed E-state index contributed by atoms with van der Waals surface area (Å²) in [6, 6.07) is 14.6. The lowest BCUT2D eigenvalue weighted by molar-refractivity contribution is 0.0152. The van der Waals surface area contributed by atoms with Gasteiger partial charge in [0.15, 0.2) is 0 Å². The van der Waals surface area contributed by atoms with E-state index in [9.17, 15) is 5.11 Å². The van der Waals surface area contributed by atoms with Gasteiger partial charge in [0, 0.05) is 18.5 Å². The summed E-state index contributed by atoms with van der Waals surface area (Å²) in [4.78, 5) is 0. The Morgan fingerprint density at radius 2 is 1.59 bits per heavy atom. The molecule has 4 heteroatoms. The minimum absolute atomic E-state index is 0.377. The molecule has 2 rings (SSSR count). The lowest BCUT2D eigenvalue weighted by Gasteiger charge is -2.33. The average Bonchev–Trinajstić information content (AvgIpc) is 2.54. The highest BCUT2D eigenvalue weighted by molar-refractivity contribution is 5.40. The molecule has 0 fully saturated rings. The van der Waals surface area contributed by atoms with Gasteiger partial charge in [-0.05, 0) is 30.2 Å². The predicted molar refractivity (Wildman–Crippen MR) is 87.2 cm³/mol. The third-order valence-electron chi connectivity index (χ3n) is 3.91. The lowest BCUT2D eigenvalue weighted by atomic mass is 9.82. The van der Waals surface area contributed by atoms with Crippen molar-refractivity contribution in [3.05, 3.63) is 59.7 Å². The number of hydrogen-bond acceptors (Lipinski definition) is 4. The highest BCUT2D eigenvalue weighted by Gasteiger charge is 2.34. The van der Waals surface area contributed by atoms with Crippen LogP contribution >= 0.6 is 0 Å². The van der Waals surface area contributed by atoms with E-state index < -0.39 is 11.6 Å². The average molecular weight is 301 g/mol. The van der Waals surface area contributed by atoms with E-state index in [0.29, 0.717) is 17.9 Å². The second-order valence-corrected chi connectivity index (χ2v) is 5.48. The molecule has 2 aromatic rings. The van der Waals surface area contributed by atoms with Crippen molar-refractivity contribution in [2.75, 3.05) is 14.2 Å². The van der Waals surface area contributed by atoms with Gasteiger partial charge in [0.2, 0.25) is 0 Å². The maximum atomic E-state index is 11.1. The fraction of sp³-hybridized carbons (Fsp3) is 0.333. The van der Waals surface area contributed by atoms with Crippen molar-refractivity contribution in [1.82, 2.24) is 0 Å². The maximum absolute atomic E-state index is 11.1. The fourth-order valence-corrected chi connectivity index (χ4v) is 2.53. The molecule has 0 saturated heterocycles. The van der Waals surface area contributed by atoms with Gasteiger partial charge in [-0.1, -0.05) is 30.3 Å². The Balaban J connectivity index is 2.40. The first-order valence-corrected chi connectivity index (χ1v) is 7.25. The smallest absolute Gasteiger partial charge is 0.122 e. The predicted octanol–water partition coefficient (Wildman–Crippen LogP) is 2.48. The van der Waals surface area contributed by atoms with Crippen LogP contribution in [0.25, 0.3) is 0 Å². The summed E-state index contributed by atoms with van der Waals surface area (Å²) in [5.41, 5.74) is 6.63. The summed E-state index contributed by atoms with van der Waals surface area (Å²) in [5.74, 6) is 1.38. The normalized spacial score (nSPS) is 15.0. The topological polar surface area (TPSA) is 64.7 Å². The molecule has 0 radical (unpaired) electrons. The quantitative estimate of drug-likeness (QED) is 0.860. The molecule has 2 aromatic carbocycles. The van der Waals surface area contributed by atoms with Crippen LogP contribution in [0.15, 0.2) is 48.5 Å². The molecule has 0 bridgehead atoms. The van der Waals surface area contributed by atoms with Crippen LogP contribution in [0.2, 0.25) is 0 Å². The van der Waals surface area contributed by atoms with Crippen LogP contribution in [0.3, 0.4) is 0 Å². The van der Waals surface area contributed by atoms with Gasteiger partial charge in [-0.2, -0.15) is 0 Å². The number of ether oxygens (including phenoxy) is 2. The van der Waals surface area contributed by atoms with Crippen molar-refractivity contribution < 1.29 is 14.6 Å². The van der Waals surface area contributed by atoms with Crippen molar-refractivity contribution in [1.29, 1.82) is 0 Å². The molecule has 0 amide bonds. The van der Waals surface area contributed by atoms with Gasteiger partial charge in [-0.25, -0.2) is 0 Å². The van der Waals surface area contributed by atoms with Crippen molar-refractivity contribution in [3.8, 4) is 11.5 Å². The van der Waals surface area contributed by atoms with Crippen molar-refractivity contribution in [2.24, 2.45) is 5.73 Å². The summed E-state index contributed by atoms with van der Waals surface area (Å²) in [7, 11) is 3.21. The van der Waals surface area contributed by atoms with Gasteiger partial charge >= 0.3 is 0 Å². The van der Waals surface area contributed by atoms with E-state index in [4.69, 9.17) is 15.2 Å². The Bertz CT molecular complexity index is 591. The number of aliphatic hydroxyl groups is 1. The van der Waals surface area contributed by atoms with Crippen molar-refractivity contribution in [3.63, 3.8) is 0 Å². The first-order chi connectivity index (χ1) is 10.5. The molecule has 118 valence electrons. The summed E-state index contributed by atoms with van der Waals surface area (Å²) in [6.45, 7) is 1.81. The van der Waals surface area contributed by atoms with Gasteiger partial charge in [-0.15, -0.1) is 0 Å². The van der Waals surface area contributed by atoms with Gasteiger partial charge in [0.1, 0.15) is 17.1 Å². The fourth-order valence-electron chi connectivity index (χ4n) is 2.53. The Morgan fingerprint density at radius 3 is 2.05 bits per heavy atom. The molecule has 0 aromatic heterocycles. The van der Waals surface area contributed by atoms with Gasteiger partial charge < -0.3 is 20.3 Å². The summed E-state index contributed by atoms with van der Waals surface area (Å²) in [6.07, 6.45) is 0.377. The minimum Gasteiger partial charge on any atom is -0.497 e. The summed E-state index contributed by atoms with van der Waals surface area (Å²) >= 11 is 0. The monoisotopic (exact) mass is 301 g/mol. The third-order valence-corrected chi connectivity index (χ3v) is 3.91. The molecule has 2 atom stereocenters. The standard InChI is InChI=1S/C18H23NO3/c1-13(19)18(20,15-7-5-4-6-8-15)12-14-9-16(21-2)11-17(10-14)22-3/h4-11,13,20H,12,19H2,1-3H3/t13-,18-/m1/s1. The molecule has 3 N–H and O–H groups in total. The van der Waals surface area contributed by atoms with Crippen molar-refractivity contribution >= 4 is 0 Å². The second-order valence-electron chi connectivity index (χ2n) is 5.48. The molecular weight excluding hydrogens is 278 g/mol. The minimum atomic E-state index is -1.15. The Labute approximate surface area is 131 Å². The molecule has 0 aliphatic carbocycles. The zero-order valence-electron chi connectivity index (χ0n) is 13.2. The van der Waals surface area contributed by atoms with Crippen LogP contribution in [-0.2, 0) is 12.0 Å². The number of benzene rings is 2. The molecule has 0 unspecified atom stereocenters. The Morgan fingerprint density at radius 1 is 1.05 bits per heavy atom. The zero-order valence-corrected chi connectivity index (χ0v) is 13.2. The largest absolute Gasteiger partial charge is 0.497 e. The molecule has 0 aliphatic heterocycles. The SMILES string of the molecule is COc1cc(C[C@](O)(c2ccccc2)[C@@H](C)N)cc(OC)c1. The van der Waals surface area contributed by atoms with Gasteiger partial charge in [0.05, 0.1) is 14.2 Å². The third kappa shape index (κ3) is 3.40. The molecule has 22 heavy (non-hydrogen) atoms. The van der Waals surface area contributed by atoms with E-state index in [-0.39, 0.29) is 0 Å². The van der Waals surface area contributed by atoms with Crippen LogP contribution in [0.5, 0.6) is 11.5 Å². The maximum Gasteiger partial charge on any atom is 0.122 e. The zero-order chi connectivity index (χ0) is 16.2. The van der Waals surface area contributed by atoms with E-state index in [1.807, 2.05) is 49.4 Å². The van der Waals surface area contributed by atoms with Gasteiger partial charge in [0.25, 0.3) is 0 Å². The van der Waals surface area contributed by atoms with E-state index in [1.54, 1.807) is 20.3 Å². The Hall–Kier alpha value is -2.04. The second kappa shape index (κ2) is 6.81. The van der Waals surface area contributed by atoms with E-state index in [2.05, 4.69) is 0 Å². The number of rotatable bonds is 6. The lowest BCUT2D eigenvalue weighted by Crippen LogP contribution is -2.45. The van der Waals surface area contributed by atoms with Crippen LogP contribution in [0.1, 0.15) is 18.1 Å². The first-order valence-electron chi connectivity index (χ1n) is 7.25. The van der Waals surface area contributed by atoms with Crippen LogP contribution < -0.4 is 15.2 Å². The highest BCUT2D eigenvalue weighted by atomic mass is 16.5. The molecule has 4 nitrogen and oxygen atoms in total. The number of methoxy groups -OCH3 is 2. The van der Waals surface area contributed by atoms with Crippen LogP contribution in [0.4, 0.5) is 0 Å². The molecule has 0 spiro atoms. The molecular formula is C18H23NO3. The van der Waals surface area contributed by atoms with E-state index in [1.165, 1.54) is 0 Å². The number of hydrogen-bond donors (Lipinski definition) is 2. The van der Waals surface area contributed by atoms with Crippen LogP contribution in [0, 0.1) is 0 Å². The van der Waals surface area contributed by atoms with E-state index >= 15 is 0 Å². The summed E-state index contributed by atoms with van der Waals surface area (Å²) < 4.78 is 10.6. The van der Waals surface area contributed by atoms with Crippen molar-refractivity contribution in [2.45, 2.75) is 25.0 Å². The Kier molecular flexibility index (Phi) is 5.06. The summed E-state index contributed by atoms with van der Waals surface area (Å²) in [5, 5.41) is 11.1. The number of nitrogens with two attached hydrogens (primary N) is 1. The van der Waals surface area contributed by atoms with E-state index in [0.717, 1.165) is 11.1 Å². The highest BCUT2D eigenvalue weighted by Crippen LogP contribution is 2.31. The molecule has 0 saturated carbocycles.